The molecule has 0 saturated carbocycles. The molecule has 16 heavy (non-hydrogen) atoms. The maximum atomic E-state index is 12.3. The first-order valence-electron chi connectivity index (χ1n) is 4.25. The summed E-state index contributed by atoms with van der Waals surface area (Å²) >= 11 is 3.13. The lowest BCUT2D eigenvalue weighted by molar-refractivity contribution is -0.137. The number of alkyl halides is 3. The molecule has 84 valence electrons. The maximum Gasteiger partial charge on any atom is 0.416 e. The Morgan fingerprint density at radius 1 is 1.12 bits per heavy atom. The zero-order chi connectivity index (χ0) is 11.8. The van der Waals surface area contributed by atoms with Crippen molar-refractivity contribution in [3.63, 3.8) is 0 Å². The number of aromatic nitrogens is 1. The zero-order valence-corrected chi connectivity index (χ0v) is 9.34. The van der Waals surface area contributed by atoms with Gasteiger partial charge >= 0.3 is 6.18 Å². The molecular weight excluding hydrogens is 287 g/mol. The molecule has 0 atom stereocenters. The summed E-state index contributed by atoms with van der Waals surface area (Å²) in [5.74, 6) is 0.411. The number of benzene rings is 1. The van der Waals surface area contributed by atoms with E-state index in [9.17, 15) is 13.2 Å². The molecule has 0 aliphatic carbocycles. The van der Waals surface area contributed by atoms with Crippen molar-refractivity contribution < 1.29 is 17.6 Å². The van der Waals surface area contributed by atoms with E-state index in [4.69, 9.17) is 4.42 Å². The second-order valence-corrected chi connectivity index (χ2v) is 3.80. The Kier molecular flexibility index (Phi) is 2.75. The monoisotopic (exact) mass is 291 g/mol. The Balaban J connectivity index is 2.37. The van der Waals surface area contributed by atoms with Gasteiger partial charge in [-0.15, -0.1) is 0 Å². The predicted octanol–water partition coefficient (Wildman–Crippen LogP) is 4.12. The van der Waals surface area contributed by atoms with Crippen LogP contribution in [0.5, 0.6) is 0 Å². The van der Waals surface area contributed by atoms with E-state index in [0.717, 1.165) is 12.1 Å². The standard InChI is InChI=1S/C10H5BrF3NO/c11-9-8(16-5-15-9)6-1-3-7(4-2-6)10(12,13)14/h1-5H. The van der Waals surface area contributed by atoms with Gasteiger partial charge in [0.15, 0.2) is 16.8 Å². The second kappa shape index (κ2) is 3.93. The first-order chi connectivity index (χ1) is 7.48. The van der Waals surface area contributed by atoms with Crippen molar-refractivity contribution >= 4 is 15.9 Å². The van der Waals surface area contributed by atoms with E-state index in [2.05, 4.69) is 20.9 Å². The van der Waals surface area contributed by atoms with Crippen molar-refractivity contribution in [2.24, 2.45) is 0 Å². The van der Waals surface area contributed by atoms with Gasteiger partial charge < -0.3 is 4.42 Å². The normalized spacial score (nSPS) is 11.8. The third kappa shape index (κ3) is 2.11. The fourth-order valence-corrected chi connectivity index (χ4v) is 1.64. The van der Waals surface area contributed by atoms with Gasteiger partial charge in [0, 0.05) is 5.56 Å². The highest BCUT2D eigenvalue weighted by molar-refractivity contribution is 9.10. The molecule has 0 unspecified atom stereocenters. The van der Waals surface area contributed by atoms with E-state index < -0.39 is 11.7 Å². The summed E-state index contributed by atoms with van der Waals surface area (Å²) in [5.41, 5.74) is -0.149. The third-order valence-corrected chi connectivity index (χ3v) is 2.56. The van der Waals surface area contributed by atoms with Gasteiger partial charge in [0.25, 0.3) is 0 Å². The van der Waals surface area contributed by atoms with Crippen LogP contribution in [0.4, 0.5) is 13.2 Å². The highest BCUT2D eigenvalue weighted by Crippen LogP contribution is 2.32. The van der Waals surface area contributed by atoms with Crippen LogP contribution in [0.3, 0.4) is 0 Å². The highest BCUT2D eigenvalue weighted by Gasteiger charge is 2.30. The summed E-state index contributed by atoms with van der Waals surface area (Å²) in [7, 11) is 0. The van der Waals surface area contributed by atoms with Crippen molar-refractivity contribution in [1.29, 1.82) is 0 Å². The van der Waals surface area contributed by atoms with Gasteiger partial charge in [-0.05, 0) is 28.1 Å². The molecule has 1 heterocycles. The molecule has 2 aromatic rings. The molecule has 0 N–H and O–H groups in total. The lowest BCUT2D eigenvalue weighted by Crippen LogP contribution is -2.03. The molecule has 0 fully saturated rings. The quantitative estimate of drug-likeness (QED) is 0.790. The SMILES string of the molecule is FC(F)(F)c1ccc(-c2ocnc2Br)cc1. The Morgan fingerprint density at radius 2 is 1.75 bits per heavy atom. The van der Waals surface area contributed by atoms with Crippen LogP contribution < -0.4 is 0 Å². The molecule has 0 aliphatic rings. The fourth-order valence-electron chi connectivity index (χ4n) is 1.23. The summed E-state index contributed by atoms with van der Waals surface area (Å²) in [6, 6.07) is 4.69. The van der Waals surface area contributed by atoms with Crippen LogP contribution in [0.25, 0.3) is 11.3 Å². The van der Waals surface area contributed by atoms with Crippen LogP contribution in [-0.2, 0) is 6.18 Å². The molecule has 0 saturated heterocycles. The number of oxazole rings is 1. The van der Waals surface area contributed by atoms with E-state index in [0.29, 0.717) is 15.9 Å². The Hall–Kier alpha value is -1.30. The van der Waals surface area contributed by atoms with Crippen molar-refractivity contribution in [2.75, 3.05) is 0 Å². The van der Waals surface area contributed by atoms with E-state index in [1.54, 1.807) is 0 Å². The van der Waals surface area contributed by atoms with E-state index in [1.165, 1.54) is 18.5 Å². The molecule has 6 heteroatoms. The van der Waals surface area contributed by atoms with Gasteiger partial charge in [0.05, 0.1) is 5.56 Å². The fraction of sp³-hybridized carbons (Fsp3) is 0.100. The van der Waals surface area contributed by atoms with E-state index in [1.807, 2.05) is 0 Å². The molecular formula is C10H5BrF3NO. The summed E-state index contributed by atoms with van der Waals surface area (Å²) in [5, 5.41) is 0. The van der Waals surface area contributed by atoms with Crippen LogP contribution in [-0.4, -0.2) is 4.98 Å². The third-order valence-electron chi connectivity index (χ3n) is 2.00. The molecule has 0 amide bonds. The lowest BCUT2D eigenvalue weighted by Gasteiger charge is -2.06. The first-order valence-corrected chi connectivity index (χ1v) is 5.04. The molecule has 2 nitrogen and oxygen atoms in total. The first kappa shape index (κ1) is 11.2. The summed E-state index contributed by atoms with van der Waals surface area (Å²) in [4.78, 5) is 3.79. The average molecular weight is 292 g/mol. The number of hydrogen-bond donors (Lipinski definition) is 0. The Bertz CT molecular complexity index is 490. The number of hydrogen-bond acceptors (Lipinski definition) is 2. The lowest BCUT2D eigenvalue weighted by atomic mass is 10.1. The predicted molar refractivity (Wildman–Crippen MR) is 54.6 cm³/mol. The van der Waals surface area contributed by atoms with Crippen LogP contribution >= 0.6 is 15.9 Å². The Morgan fingerprint density at radius 3 is 2.19 bits per heavy atom. The van der Waals surface area contributed by atoms with E-state index in [-0.39, 0.29) is 0 Å². The van der Waals surface area contributed by atoms with Crippen LogP contribution in [0.15, 0.2) is 39.7 Å². The van der Waals surface area contributed by atoms with Crippen LogP contribution in [0, 0.1) is 0 Å². The second-order valence-electron chi connectivity index (χ2n) is 3.05. The summed E-state index contributed by atoms with van der Waals surface area (Å²) in [6.07, 6.45) is -3.10. The molecule has 1 aromatic carbocycles. The molecule has 2 rings (SSSR count). The topological polar surface area (TPSA) is 26.0 Å². The zero-order valence-electron chi connectivity index (χ0n) is 7.75. The molecule has 0 bridgehead atoms. The van der Waals surface area contributed by atoms with Gasteiger partial charge in [-0.2, -0.15) is 13.2 Å². The van der Waals surface area contributed by atoms with Crippen molar-refractivity contribution in [3.05, 3.63) is 40.8 Å². The maximum absolute atomic E-state index is 12.3. The molecule has 0 aliphatic heterocycles. The van der Waals surface area contributed by atoms with Crippen molar-refractivity contribution in [3.8, 4) is 11.3 Å². The van der Waals surface area contributed by atoms with Crippen molar-refractivity contribution in [2.45, 2.75) is 6.18 Å². The van der Waals surface area contributed by atoms with Gasteiger partial charge in [0.2, 0.25) is 0 Å². The van der Waals surface area contributed by atoms with Gasteiger partial charge in [-0.1, -0.05) is 12.1 Å². The Labute approximate surface area is 97.2 Å². The minimum Gasteiger partial charge on any atom is -0.442 e. The molecule has 0 radical (unpaired) electrons. The van der Waals surface area contributed by atoms with E-state index >= 15 is 0 Å². The van der Waals surface area contributed by atoms with Crippen LogP contribution in [0.1, 0.15) is 5.56 Å². The van der Waals surface area contributed by atoms with Crippen molar-refractivity contribution in [1.82, 2.24) is 4.98 Å². The highest BCUT2D eigenvalue weighted by atomic mass is 79.9. The number of nitrogens with zero attached hydrogens (tertiary/aromatic N) is 1. The summed E-state index contributed by atoms with van der Waals surface area (Å²) in [6.45, 7) is 0. The van der Waals surface area contributed by atoms with Gasteiger partial charge in [-0.3, -0.25) is 0 Å². The van der Waals surface area contributed by atoms with Gasteiger partial charge in [0.1, 0.15) is 0 Å². The minimum absolute atomic E-state index is 0.411. The molecule has 0 spiro atoms. The number of rotatable bonds is 1. The average Bonchev–Trinajstić information content (AvgIpc) is 2.63. The number of halogens is 4. The molecule has 1 aromatic heterocycles. The van der Waals surface area contributed by atoms with Crippen LogP contribution in [0.2, 0.25) is 0 Å². The summed E-state index contributed by atoms with van der Waals surface area (Å²) < 4.78 is 42.4. The van der Waals surface area contributed by atoms with Gasteiger partial charge in [-0.25, -0.2) is 4.98 Å². The largest absolute Gasteiger partial charge is 0.442 e. The smallest absolute Gasteiger partial charge is 0.416 e. The minimum atomic E-state index is -4.32.